The summed E-state index contributed by atoms with van der Waals surface area (Å²) in [7, 11) is 0. The zero-order valence-corrected chi connectivity index (χ0v) is 13.4. The van der Waals surface area contributed by atoms with Gasteiger partial charge in [-0.05, 0) is 42.7 Å². The number of para-hydroxylation sites is 1. The summed E-state index contributed by atoms with van der Waals surface area (Å²) in [6.07, 6.45) is 1.11. The third kappa shape index (κ3) is 2.97. The van der Waals surface area contributed by atoms with Gasteiger partial charge < -0.3 is 5.32 Å². The fourth-order valence-electron chi connectivity index (χ4n) is 2.82. The van der Waals surface area contributed by atoms with E-state index in [9.17, 15) is 9.59 Å². The van der Waals surface area contributed by atoms with Crippen LogP contribution in [0.2, 0.25) is 0 Å². The molecule has 1 atom stereocenters. The van der Waals surface area contributed by atoms with Gasteiger partial charge in [0.1, 0.15) is 6.04 Å². The van der Waals surface area contributed by atoms with Crippen molar-refractivity contribution in [2.45, 2.75) is 32.7 Å². The lowest BCUT2D eigenvalue weighted by Crippen LogP contribution is -2.34. The van der Waals surface area contributed by atoms with E-state index in [2.05, 4.69) is 12.2 Å². The van der Waals surface area contributed by atoms with E-state index in [0.717, 1.165) is 17.7 Å². The molecule has 3 rings (SSSR count). The predicted molar refractivity (Wildman–Crippen MR) is 91.5 cm³/mol. The molecule has 0 bridgehead atoms. The second kappa shape index (κ2) is 6.24. The second-order valence-electron chi connectivity index (χ2n) is 5.80. The molecule has 2 amide bonds. The lowest BCUT2D eigenvalue weighted by Gasteiger charge is -2.17. The van der Waals surface area contributed by atoms with Crippen molar-refractivity contribution in [3.05, 3.63) is 59.7 Å². The van der Waals surface area contributed by atoms with Gasteiger partial charge in [0.25, 0.3) is 5.91 Å². The zero-order chi connectivity index (χ0) is 16.4. The van der Waals surface area contributed by atoms with Crippen molar-refractivity contribution < 1.29 is 9.59 Å². The zero-order valence-electron chi connectivity index (χ0n) is 13.4. The molecule has 0 aliphatic carbocycles. The average molecular weight is 308 g/mol. The summed E-state index contributed by atoms with van der Waals surface area (Å²) in [5, 5.41) is 3.20. The second-order valence-corrected chi connectivity index (χ2v) is 5.80. The lowest BCUT2D eigenvalue weighted by molar-refractivity contribution is -0.121. The van der Waals surface area contributed by atoms with Crippen LogP contribution in [0.15, 0.2) is 48.5 Å². The summed E-state index contributed by atoms with van der Waals surface area (Å²) in [5.74, 6) is -0.354. The normalized spacial score (nSPS) is 17.7. The standard InChI is InChI=1S/C19H20N2O2/c1-3-14-8-10-15(11-9-14)21-18(22)12-17(19(21)23)20-16-7-5-4-6-13(16)2/h4-11,17,20H,3,12H2,1-2H3/t17-/m0/s1. The SMILES string of the molecule is CCc1ccc(N2C(=O)C[C@H](Nc3ccccc3C)C2=O)cc1. The van der Waals surface area contributed by atoms with E-state index >= 15 is 0 Å². The molecule has 0 radical (unpaired) electrons. The van der Waals surface area contributed by atoms with Gasteiger partial charge in [-0.25, -0.2) is 4.90 Å². The number of carbonyl (C=O) groups is 2. The third-order valence-electron chi connectivity index (χ3n) is 4.22. The van der Waals surface area contributed by atoms with Crippen molar-refractivity contribution in [2.24, 2.45) is 0 Å². The van der Waals surface area contributed by atoms with Crippen molar-refractivity contribution in [3.63, 3.8) is 0 Å². The Labute approximate surface area is 136 Å². The van der Waals surface area contributed by atoms with Crippen LogP contribution in [0.1, 0.15) is 24.5 Å². The van der Waals surface area contributed by atoms with E-state index in [0.29, 0.717) is 5.69 Å². The molecule has 1 fully saturated rings. The summed E-state index contributed by atoms with van der Waals surface area (Å²) in [5.41, 5.74) is 3.77. The quantitative estimate of drug-likeness (QED) is 0.882. The van der Waals surface area contributed by atoms with Gasteiger partial charge in [0.05, 0.1) is 12.1 Å². The van der Waals surface area contributed by atoms with Gasteiger partial charge in [-0.3, -0.25) is 9.59 Å². The Morgan fingerprint density at radius 3 is 2.43 bits per heavy atom. The number of nitrogens with one attached hydrogen (secondary N) is 1. The van der Waals surface area contributed by atoms with E-state index in [1.807, 2.05) is 55.5 Å². The number of carbonyl (C=O) groups excluding carboxylic acids is 2. The Hall–Kier alpha value is -2.62. The summed E-state index contributed by atoms with van der Waals surface area (Å²) in [6.45, 7) is 4.05. The number of anilines is 2. The maximum absolute atomic E-state index is 12.6. The summed E-state index contributed by atoms with van der Waals surface area (Å²) >= 11 is 0. The first kappa shape index (κ1) is 15.3. The molecular formula is C19H20N2O2. The number of benzene rings is 2. The molecule has 1 heterocycles. The van der Waals surface area contributed by atoms with Crippen LogP contribution in [0.25, 0.3) is 0 Å². The Morgan fingerprint density at radius 2 is 1.78 bits per heavy atom. The molecule has 2 aromatic carbocycles. The predicted octanol–water partition coefficient (Wildman–Crippen LogP) is 3.30. The number of hydrogen-bond donors (Lipinski definition) is 1. The van der Waals surface area contributed by atoms with Gasteiger partial charge in [0, 0.05) is 5.69 Å². The van der Waals surface area contributed by atoms with Crippen LogP contribution in [0, 0.1) is 6.92 Å². The van der Waals surface area contributed by atoms with Gasteiger partial charge in [-0.2, -0.15) is 0 Å². The maximum Gasteiger partial charge on any atom is 0.256 e. The minimum atomic E-state index is -0.505. The molecule has 118 valence electrons. The van der Waals surface area contributed by atoms with E-state index < -0.39 is 6.04 Å². The largest absolute Gasteiger partial charge is 0.373 e. The molecule has 0 spiro atoms. The Kier molecular flexibility index (Phi) is 4.15. The van der Waals surface area contributed by atoms with Crippen molar-refractivity contribution in [1.29, 1.82) is 0 Å². The number of aryl methyl sites for hydroxylation is 2. The molecule has 4 heteroatoms. The lowest BCUT2D eigenvalue weighted by atomic mass is 10.1. The van der Waals surface area contributed by atoms with Crippen molar-refractivity contribution in [2.75, 3.05) is 10.2 Å². The molecular weight excluding hydrogens is 288 g/mol. The monoisotopic (exact) mass is 308 g/mol. The minimum Gasteiger partial charge on any atom is -0.373 e. The molecule has 1 aliphatic heterocycles. The van der Waals surface area contributed by atoms with Gasteiger partial charge in [0.15, 0.2) is 0 Å². The summed E-state index contributed by atoms with van der Waals surface area (Å²) in [6, 6.07) is 14.8. The highest BCUT2D eigenvalue weighted by atomic mass is 16.2. The molecule has 23 heavy (non-hydrogen) atoms. The fourth-order valence-corrected chi connectivity index (χ4v) is 2.82. The number of hydrogen-bond acceptors (Lipinski definition) is 3. The van der Waals surface area contributed by atoms with Crippen LogP contribution < -0.4 is 10.2 Å². The first-order chi connectivity index (χ1) is 11.1. The van der Waals surface area contributed by atoms with Gasteiger partial charge >= 0.3 is 0 Å². The highest BCUT2D eigenvalue weighted by Gasteiger charge is 2.39. The third-order valence-corrected chi connectivity index (χ3v) is 4.22. The fraction of sp³-hybridized carbons (Fsp3) is 0.263. The van der Waals surface area contributed by atoms with Crippen LogP contribution in [-0.2, 0) is 16.0 Å². The van der Waals surface area contributed by atoms with E-state index in [-0.39, 0.29) is 18.2 Å². The maximum atomic E-state index is 12.6. The Morgan fingerprint density at radius 1 is 1.09 bits per heavy atom. The van der Waals surface area contributed by atoms with Crippen LogP contribution in [0.5, 0.6) is 0 Å². The molecule has 2 aromatic rings. The number of nitrogens with zero attached hydrogens (tertiary/aromatic N) is 1. The molecule has 1 saturated heterocycles. The van der Waals surface area contributed by atoms with E-state index in [4.69, 9.17) is 0 Å². The van der Waals surface area contributed by atoms with Crippen LogP contribution in [-0.4, -0.2) is 17.9 Å². The molecule has 4 nitrogen and oxygen atoms in total. The smallest absolute Gasteiger partial charge is 0.256 e. The van der Waals surface area contributed by atoms with Gasteiger partial charge in [0.2, 0.25) is 5.91 Å². The topological polar surface area (TPSA) is 49.4 Å². The van der Waals surface area contributed by atoms with Gasteiger partial charge in [-0.15, -0.1) is 0 Å². The summed E-state index contributed by atoms with van der Waals surface area (Å²) in [4.78, 5) is 26.2. The average Bonchev–Trinajstić information content (AvgIpc) is 2.84. The molecule has 0 unspecified atom stereocenters. The van der Waals surface area contributed by atoms with Gasteiger partial charge in [-0.1, -0.05) is 37.3 Å². The molecule has 1 N–H and O–H groups in total. The van der Waals surface area contributed by atoms with Crippen molar-refractivity contribution in [3.8, 4) is 0 Å². The number of imide groups is 1. The number of amides is 2. The minimum absolute atomic E-state index is 0.162. The number of rotatable bonds is 4. The Bertz CT molecular complexity index is 737. The van der Waals surface area contributed by atoms with E-state index in [1.54, 1.807) is 0 Å². The van der Waals surface area contributed by atoms with E-state index in [1.165, 1.54) is 10.5 Å². The molecule has 0 saturated carbocycles. The van der Waals surface area contributed by atoms with Crippen molar-refractivity contribution in [1.82, 2.24) is 0 Å². The first-order valence-corrected chi connectivity index (χ1v) is 7.88. The van der Waals surface area contributed by atoms with Crippen LogP contribution >= 0.6 is 0 Å². The Balaban J connectivity index is 1.80. The summed E-state index contributed by atoms with van der Waals surface area (Å²) < 4.78 is 0. The van der Waals surface area contributed by atoms with Crippen LogP contribution in [0.3, 0.4) is 0 Å². The highest BCUT2D eigenvalue weighted by Crippen LogP contribution is 2.26. The molecule has 1 aliphatic rings. The first-order valence-electron chi connectivity index (χ1n) is 7.88. The highest BCUT2D eigenvalue weighted by molar-refractivity contribution is 6.23. The van der Waals surface area contributed by atoms with Crippen molar-refractivity contribution >= 4 is 23.2 Å². The molecule has 0 aromatic heterocycles. The van der Waals surface area contributed by atoms with Crippen LogP contribution in [0.4, 0.5) is 11.4 Å².